The molecule has 0 aliphatic rings. The molecule has 0 saturated carbocycles. The summed E-state index contributed by atoms with van der Waals surface area (Å²) in [6, 6.07) is 8.23. The van der Waals surface area contributed by atoms with E-state index in [0.29, 0.717) is 30.4 Å². The third kappa shape index (κ3) is 6.05. The summed E-state index contributed by atoms with van der Waals surface area (Å²) in [5, 5.41) is 6.68. The molecule has 7 heteroatoms. The predicted octanol–water partition coefficient (Wildman–Crippen LogP) is 3.98. The molecule has 6 nitrogen and oxygen atoms in total. The molecule has 0 aliphatic carbocycles. The fraction of sp³-hybridized carbons (Fsp3) is 0.476. The molecule has 0 amide bonds. The second kappa shape index (κ2) is 11.4. The minimum Gasteiger partial charge on any atom is -0.493 e. The Morgan fingerprint density at radius 3 is 2.21 bits per heavy atom. The van der Waals surface area contributed by atoms with Crippen LogP contribution in [0.15, 0.2) is 29.3 Å². The van der Waals surface area contributed by atoms with Gasteiger partial charge in [0.2, 0.25) is 5.75 Å². The van der Waals surface area contributed by atoms with E-state index in [1.54, 1.807) is 14.2 Å². The fourth-order valence-corrected chi connectivity index (χ4v) is 3.60. The molecule has 0 unspecified atom stereocenters. The summed E-state index contributed by atoms with van der Waals surface area (Å²) < 4.78 is 16.6. The van der Waals surface area contributed by atoms with E-state index < -0.39 is 0 Å². The molecule has 1 aromatic carbocycles. The fourth-order valence-electron chi connectivity index (χ4n) is 2.70. The molecule has 1 aromatic heterocycles. The van der Waals surface area contributed by atoms with Crippen molar-refractivity contribution in [3.63, 3.8) is 0 Å². The van der Waals surface area contributed by atoms with Crippen LogP contribution in [0.1, 0.15) is 36.1 Å². The first-order valence-electron chi connectivity index (χ1n) is 9.62. The first-order chi connectivity index (χ1) is 13.6. The van der Waals surface area contributed by atoms with Crippen molar-refractivity contribution in [2.75, 3.05) is 27.4 Å². The molecule has 2 aromatic rings. The molecular formula is C21H31N3O3S. The van der Waals surface area contributed by atoms with Crippen molar-refractivity contribution >= 4 is 17.3 Å². The van der Waals surface area contributed by atoms with Gasteiger partial charge in [0.15, 0.2) is 17.5 Å². The van der Waals surface area contributed by atoms with Crippen LogP contribution in [0.5, 0.6) is 17.2 Å². The molecule has 154 valence electrons. The van der Waals surface area contributed by atoms with Crippen molar-refractivity contribution in [1.82, 2.24) is 10.6 Å². The average Bonchev–Trinajstić information content (AvgIpc) is 3.18. The van der Waals surface area contributed by atoms with E-state index in [0.717, 1.165) is 31.0 Å². The second-order valence-corrected chi connectivity index (χ2v) is 7.29. The van der Waals surface area contributed by atoms with Crippen LogP contribution in [-0.4, -0.2) is 33.3 Å². The van der Waals surface area contributed by atoms with Gasteiger partial charge in [-0.15, -0.1) is 11.3 Å². The minimum atomic E-state index is 0.499. The standard InChI is InChI=1S/C21H31N3O3S/c1-6-16-9-10-17(28-16)14-24-21(22-7-2)23-13-15-11-18(25-4)20(27-8-3)19(12-15)26-5/h9-12H,6-8,13-14H2,1-5H3,(H2,22,23,24). The Kier molecular flexibility index (Phi) is 8.94. The van der Waals surface area contributed by atoms with Crippen LogP contribution in [-0.2, 0) is 19.5 Å². The summed E-state index contributed by atoms with van der Waals surface area (Å²) in [6.07, 6.45) is 1.07. The Morgan fingerprint density at radius 1 is 1.00 bits per heavy atom. The molecule has 2 rings (SSSR count). The van der Waals surface area contributed by atoms with Gasteiger partial charge in [0.05, 0.1) is 33.9 Å². The Balaban J connectivity index is 2.12. The summed E-state index contributed by atoms with van der Waals surface area (Å²) in [4.78, 5) is 7.39. The molecule has 0 radical (unpaired) electrons. The van der Waals surface area contributed by atoms with Crippen molar-refractivity contribution in [1.29, 1.82) is 0 Å². The highest BCUT2D eigenvalue weighted by Crippen LogP contribution is 2.38. The molecule has 0 aliphatic heterocycles. The molecule has 0 spiro atoms. The number of nitrogens with one attached hydrogen (secondary N) is 2. The SMILES string of the molecule is CCNC(=NCc1cc(OC)c(OCC)c(OC)c1)NCc1ccc(CC)s1. The normalized spacial score (nSPS) is 11.2. The lowest BCUT2D eigenvalue weighted by Gasteiger charge is -2.15. The molecule has 0 saturated heterocycles. The van der Waals surface area contributed by atoms with Crippen molar-refractivity contribution in [2.45, 2.75) is 40.3 Å². The van der Waals surface area contributed by atoms with Crippen LogP contribution in [0.25, 0.3) is 0 Å². The highest BCUT2D eigenvalue weighted by molar-refractivity contribution is 7.11. The number of rotatable bonds is 10. The number of aryl methyl sites for hydroxylation is 1. The van der Waals surface area contributed by atoms with Crippen molar-refractivity contribution in [3.8, 4) is 17.2 Å². The van der Waals surface area contributed by atoms with Crippen LogP contribution < -0.4 is 24.8 Å². The molecule has 28 heavy (non-hydrogen) atoms. The average molecular weight is 406 g/mol. The van der Waals surface area contributed by atoms with Crippen LogP contribution in [0.4, 0.5) is 0 Å². The predicted molar refractivity (Wildman–Crippen MR) is 116 cm³/mol. The topological polar surface area (TPSA) is 64.1 Å². The van der Waals surface area contributed by atoms with Gasteiger partial charge in [-0.1, -0.05) is 6.92 Å². The highest BCUT2D eigenvalue weighted by atomic mass is 32.1. The smallest absolute Gasteiger partial charge is 0.203 e. The lowest BCUT2D eigenvalue weighted by molar-refractivity contribution is 0.288. The van der Waals surface area contributed by atoms with Crippen molar-refractivity contribution < 1.29 is 14.2 Å². The number of hydrogen-bond donors (Lipinski definition) is 2. The second-order valence-electron chi connectivity index (χ2n) is 6.03. The number of benzene rings is 1. The Bertz CT molecular complexity index is 749. The monoisotopic (exact) mass is 405 g/mol. The zero-order valence-electron chi connectivity index (χ0n) is 17.4. The molecule has 0 atom stereocenters. The maximum atomic E-state index is 5.66. The Labute approximate surface area is 171 Å². The lowest BCUT2D eigenvalue weighted by Crippen LogP contribution is -2.36. The number of hydrogen-bond acceptors (Lipinski definition) is 5. The quantitative estimate of drug-likeness (QED) is 0.462. The summed E-state index contributed by atoms with van der Waals surface area (Å²) in [5.74, 6) is 2.69. The first-order valence-corrected chi connectivity index (χ1v) is 10.4. The first kappa shape index (κ1) is 21.9. The van der Waals surface area contributed by atoms with Gasteiger partial charge >= 0.3 is 0 Å². The van der Waals surface area contributed by atoms with Gasteiger partial charge in [-0.2, -0.15) is 0 Å². The van der Waals surface area contributed by atoms with E-state index in [-0.39, 0.29) is 0 Å². The van der Waals surface area contributed by atoms with Crippen LogP contribution in [0, 0.1) is 0 Å². The maximum absolute atomic E-state index is 5.66. The van der Waals surface area contributed by atoms with E-state index in [4.69, 9.17) is 19.2 Å². The number of aliphatic imine (C=N–C) groups is 1. The summed E-state index contributed by atoms with van der Waals surface area (Å²) in [6.45, 7) is 8.76. The molecule has 2 N–H and O–H groups in total. The number of thiophene rings is 1. The molecular weight excluding hydrogens is 374 g/mol. The summed E-state index contributed by atoms with van der Waals surface area (Å²) in [5.41, 5.74) is 0.985. The van der Waals surface area contributed by atoms with Crippen LogP contribution in [0.2, 0.25) is 0 Å². The van der Waals surface area contributed by atoms with E-state index in [1.165, 1.54) is 9.75 Å². The van der Waals surface area contributed by atoms with Crippen molar-refractivity contribution in [3.05, 3.63) is 39.6 Å². The number of methoxy groups -OCH3 is 2. The van der Waals surface area contributed by atoms with Gasteiger partial charge in [-0.05, 0) is 50.1 Å². The van der Waals surface area contributed by atoms with E-state index >= 15 is 0 Å². The van der Waals surface area contributed by atoms with Gasteiger partial charge in [0, 0.05) is 16.3 Å². The number of nitrogens with zero attached hydrogens (tertiary/aromatic N) is 1. The van der Waals surface area contributed by atoms with E-state index in [9.17, 15) is 0 Å². The third-order valence-electron chi connectivity index (χ3n) is 4.07. The number of ether oxygens (including phenoxy) is 3. The summed E-state index contributed by atoms with van der Waals surface area (Å²) >= 11 is 1.83. The summed E-state index contributed by atoms with van der Waals surface area (Å²) in [7, 11) is 3.25. The van der Waals surface area contributed by atoms with Gasteiger partial charge in [-0.3, -0.25) is 0 Å². The Hall–Kier alpha value is -2.41. The van der Waals surface area contributed by atoms with Gasteiger partial charge in [-0.25, -0.2) is 4.99 Å². The maximum Gasteiger partial charge on any atom is 0.203 e. The zero-order valence-corrected chi connectivity index (χ0v) is 18.2. The van der Waals surface area contributed by atoms with Gasteiger partial charge < -0.3 is 24.8 Å². The molecule has 1 heterocycles. The van der Waals surface area contributed by atoms with Crippen LogP contribution >= 0.6 is 11.3 Å². The highest BCUT2D eigenvalue weighted by Gasteiger charge is 2.14. The third-order valence-corrected chi connectivity index (χ3v) is 5.30. The zero-order chi connectivity index (χ0) is 20.4. The van der Waals surface area contributed by atoms with Gasteiger partial charge in [0.25, 0.3) is 0 Å². The molecule has 0 fully saturated rings. The van der Waals surface area contributed by atoms with Crippen molar-refractivity contribution in [2.24, 2.45) is 4.99 Å². The minimum absolute atomic E-state index is 0.499. The van der Waals surface area contributed by atoms with E-state index in [1.807, 2.05) is 30.4 Å². The van der Waals surface area contributed by atoms with E-state index in [2.05, 4.69) is 36.6 Å². The number of guanidine groups is 1. The van der Waals surface area contributed by atoms with Crippen LogP contribution in [0.3, 0.4) is 0 Å². The molecule has 0 bridgehead atoms. The van der Waals surface area contributed by atoms with Gasteiger partial charge in [0.1, 0.15) is 0 Å². The lowest BCUT2D eigenvalue weighted by atomic mass is 10.2. The Morgan fingerprint density at radius 2 is 1.68 bits per heavy atom. The largest absolute Gasteiger partial charge is 0.493 e.